The van der Waals surface area contributed by atoms with Gasteiger partial charge in [-0.3, -0.25) is 4.79 Å². The van der Waals surface area contributed by atoms with Crippen molar-refractivity contribution >= 4 is 23.2 Å². The van der Waals surface area contributed by atoms with Gasteiger partial charge in [-0.05, 0) is 16.7 Å². The number of carbonyl (C=O) groups is 2. The Morgan fingerprint density at radius 3 is 3.05 bits per heavy atom. The number of rotatable bonds is 6. The van der Waals surface area contributed by atoms with Gasteiger partial charge >= 0.3 is 5.97 Å². The van der Waals surface area contributed by atoms with Crippen LogP contribution in [0.2, 0.25) is 0 Å². The lowest BCUT2D eigenvalue weighted by molar-refractivity contribution is -0.150. The van der Waals surface area contributed by atoms with Crippen LogP contribution in [0.3, 0.4) is 0 Å². The normalized spacial score (nSPS) is 11.9. The van der Waals surface area contributed by atoms with E-state index in [1.54, 1.807) is 0 Å². The summed E-state index contributed by atoms with van der Waals surface area (Å²) < 4.78 is 4.33. The number of esters is 1. The van der Waals surface area contributed by atoms with Crippen molar-refractivity contribution in [2.24, 2.45) is 0 Å². The fraction of sp³-hybridized carbons (Fsp3) is 0.364. The summed E-state index contributed by atoms with van der Waals surface area (Å²) in [5.41, 5.74) is 0.827. The van der Waals surface area contributed by atoms with E-state index < -0.39 is 18.0 Å². The van der Waals surface area contributed by atoms with Crippen molar-refractivity contribution in [2.45, 2.75) is 12.6 Å². The molecule has 0 saturated carbocycles. The first-order valence-corrected chi connectivity index (χ1v) is 6.87. The number of methoxy groups -OCH3 is 1. The van der Waals surface area contributed by atoms with Gasteiger partial charge in [0.1, 0.15) is 6.54 Å². The van der Waals surface area contributed by atoms with Gasteiger partial charge in [-0.15, -0.1) is 10.2 Å². The average Bonchev–Trinajstić information content (AvgIpc) is 3.14. The number of tetrazole rings is 1. The molecule has 21 heavy (non-hydrogen) atoms. The molecule has 0 aliphatic rings. The first-order chi connectivity index (χ1) is 10.1. The molecule has 0 radical (unpaired) electrons. The Hall–Kier alpha value is -2.33. The van der Waals surface area contributed by atoms with E-state index in [9.17, 15) is 14.7 Å². The van der Waals surface area contributed by atoms with Crippen molar-refractivity contribution < 1.29 is 19.4 Å². The van der Waals surface area contributed by atoms with E-state index in [0.717, 1.165) is 17.5 Å². The second-order valence-electron chi connectivity index (χ2n) is 4.00. The maximum Gasteiger partial charge on any atom is 0.336 e. The van der Waals surface area contributed by atoms with Crippen LogP contribution in [0.5, 0.6) is 0 Å². The first kappa shape index (κ1) is 15.1. The second kappa shape index (κ2) is 6.90. The Bertz CT molecular complexity index is 612. The zero-order valence-electron chi connectivity index (χ0n) is 11.1. The van der Waals surface area contributed by atoms with Crippen LogP contribution in [0, 0.1) is 0 Å². The zero-order chi connectivity index (χ0) is 15.2. The minimum Gasteiger partial charge on any atom is -0.467 e. The van der Waals surface area contributed by atoms with Crippen LogP contribution in [0.25, 0.3) is 11.4 Å². The molecule has 1 unspecified atom stereocenters. The monoisotopic (exact) mass is 311 g/mol. The van der Waals surface area contributed by atoms with Crippen LogP contribution in [0.4, 0.5) is 0 Å². The van der Waals surface area contributed by atoms with Crippen LogP contribution in [0.1, 0.15) is 0 Å². The lowest BCUT2D eigenvalue weighted by Crippen LogP contribution is -2.38. The molecular weight excluding hydrogens is 298 g/mol. The second-order valence-corrected chi connectivity index (χ2v) is 4.78. The summed E-state index contributed by atoms with van der Waals surface area (Å²) in [7, 11) is 1.15. The van der Waals surface area contributed by atoms with Crippen molar-refractivity contribution in [3.63, 3.8) is 0 Å². The van der Waals surface area contributed by atoms with E-state index in [0.29, 0.717) is 5.82 Å². The largest absolute Gasteiger partial charge is 0.467 e. The lowest BCUT2D eigenvalue weighted by Gasteiger charge is -2.09. The van der Waals surface area contributed by atoms with Crippen molar-refractivity contribution in [3.8, 4) is 11.4 Å². The molecule has 2 rings (SSSR count). The van der Waals surface area contributed by atoms with E-state index in [-0.39, 0.29) is 13.1 Å². The molecule has 2 N–H and O–H groups in total. The molecule has 0 aliphatic carbocycles. The van der Waals surface area contributed by atoms with Crippen molar-refractivity contribution in [2.75, 3.05) is 13.7 Å². The number of amides is 1. The smallest absolute Gasteiger partial charge is 0.336 e. The molecule has 2 heterocycles. The first-order valence-electron chi connectivity index (χ1n) is 5.93. The highest BCUT2D eigenvalue weighted by molar-refractivity contribution is 7.08. The van der Waals surface area contributed by atoms with Gasteiger partial charge in [-0.2, -0.15) is 16.1 Å². The van der Waals surface area contributed by atoms with Gasteiger partial charge in [0.15, 0.2) is 6.10 Å². The van der Waals surface area contributed by atoms with Gasteiger partial charge < -0.3 is 15.2 Å². The van der Waals surface area contributed by atoms with Gasteiger partial charge in [-0.25, -0.2) is 4.79 Å². The number of nitrogens with zero attached hydrogens (tertiary/aromatic N) is 4. The fourth-order valence-corrected chi connectivity index (χ4v) is 2.07. The maximum absolute atomic E-state index is 11.6. The molecule has 0 saturated heterocycles. The molecule has 1 atom stereocenters. The molecule has 112 valence electrons. The van der Waals surface area contributed by atoms with Crippen molar-refractivity contribution in [3.05, 3.63) is 16.8 Å². The molecule has 10 heteroatoms. The number of carbonyl (C=O) groups excluding carboxylic acids is 2. The SMILES string of the molecule is COC(=O)C(O)CNC(=O)Cn1nnc(-c2ccsc2)n1. The van der Waals surface area contributed by atoms with Crippen LogP contribution in [-0.2, 0) is 20.9 Å². The highest BCUT2D eigenvalue weighted by Gasteiger charge is 2.16. The van der Waals surface area contributed by atoms with Gasteiger partial charge in [-0.1, -0.05) is 0 Å². The zero-order valence-corrected chi connectivity index (χ0v) is 11.9. The minimum absolute atomic E-state index is 0.162. The summed E-state index contributed by atoms with van der Waals surface area (Å²) in [6.07, 6.45) is -1.40. The van der Waals surface area contributed by atoms with Gasteiger partial charge in [0.05, 0.1) is 13.7 Å². The van der Waals surface area contributed by atoms with E-state index in [2.05, 4.69) is 25.5 Å². The standard InChI is InChI=1S/C11H13N5O4S/c1-20-11(19)8(17)4-12-9(18)5-16-14-10(13-15-16)7-2-3-21-6-7/h2-3,6,8,17H,4-5H2,1H3,(H,12,18). The van der Waals surface area contributed by atoms with E-state index >= 15 is 0 Å². The Labute approximate surface area is 123 Å². The molecule has 0 bridgehead atoms. The molecule has 1 amide bonds. The summed E-state index contributed by atoms with van der Waals surface area (Å²) in [5, 5.41) is 27.1. The molecule has 2 aromatic rings. The summed E-state index contributed by atoms with van der Waals surface area (Å²) in [6, 6.07) is 1.85. The average molecular weight is 311 g/mol. The van der Waals surface area contributed by atoms with Crippen LogP contribution >= 0.6 is 11.3 Å². The molecule has 0 aliphatic heterocycles. The van der Waals surface area contributed by atoms with Gasteiger partial charge in [0.2, 0.25) is 11.7 Å². The molecule has 0 spiro atoms. The van der Waals surface area contributed by atoms with Crippen LogP contribution < -0.4 is 5.32 Å². The highest BCUT2D eigenvalue weighted by atomic mass is 32.1. The third-order valence-electron chi connectivity index (χ3n) is 2.48. The number of hydrogen-bond donors (Lipinski definition) is 2. The molecule has 2 aromatic heterocycles. The highest BCUT2D eigenvalue weighted by Crippen LogP contribution is 2.16. The number of aromatic nitrogens is 4. The molecular formula is C11H13N5O4S. The number of aliphatic hydroxyl groups is 1. The van der Waals surface area contributed by atoms with E-state index in [1.165, 1.54) is 11.3 Å². The van der Waals surface area contributed by atoms with Crippen LogP contribution in [-0.4, -0.2) is 56.9 Å². The van der Waals surface area contributed by atoms with Gasteiger partial charge in [0.25, 0.3) is 0 Å². The number of ether oxygens (including phenoxy) is 1. The Kier molecular flexibility index (Phi) is 4.95. The molecule has 0 fully saturated rings. The fourth-order valence-electron chi connectivity index (χ4n) is 1.43. The summed E-state index contributed by atoms with van der Waals surface area (Å²) >= 11 is 1.51. The number of aliphatic hydroxyl groups excluding tert-OH is 1. The summed E-state index contributed by atoms with van der Waals surface area (Å²) in [5.74, 6) is -0.834. The predicted octanol–water partition coefficient (Wildman–Crippen LogP) is -0.948. The third-order valence-corrected chi connectivity index (χ3v) is 3.17. The van der Waals surface area contributed by atoms with Gasteiger partial charge in [0, 0.05) is 10.9 Å². The molecule has 9 nitrogen and oxygen atoms in total. The Morgan fingerprint density at radius 1 is 1.57 bits per heavy atom. The van der Waals surface area contributed by atoms with Crippen molar-refractivity contribution in [1.82, 2.24) is 25.5 Å². The summed E-state index contributed by atoms with van der Waals surface area (Å²) in [6.45, 7) is -0.400. The molecule has 0 aromatic carbocycles. The number of nitrogens with one attached hydrogen (secondary N) is 1. The van der Waals surface area contributed by atoms with E-state index in [1.807, 2.05) is 16.8 Å². The third kappa shape index (κ3) is 4.07. The topological polar surface area (TPSA) is 119 Å². The van der Waals surface area contributed by atoms with Crippen molar-refractivity contribution in [1.29, 1.82) is 0 Å². The lowest BCUT2D eigenvalue weighted by atomic mass is 10.3. The minimum atomic E-state index is -1.40. The van der Waals surface area contributed by atoms with E-state index in [4.69, 9.17) is 0 Å². The predicted molar refractivity (Wildman–Crippen MR) is 72.2 cm³/mol. The Balaban J connectivity index is 1.84. The number of hydrogen-bond acceptors (Lipinski definition) is 8. The quantitative estimate of drug-likeness (QED) is 0.660. The summed E-state index contributed by atoms with van der Waals surface area (Å²) in [4.78, 5) is 23.7. The Morgan fingerprint density at radius 2 is 2.38 bits per heavy atom. The maximum atomic E-state index is 11.6. The van der Waals surface area contributed by atoms with Crippen LogP contribution in [0.15, 0.2) is 16.8 Å². The number of thiophene rings is 1.